The molecule has 6 nitrogen and oxygen atoms in total. The van der Waals surface area contributed by atoms with Gasteiger partial charge in [0.25, 0.3) is 13.4 Å². The molecule has 0 saturated heterocycles. The fourth-order valence-corrected chi connectivity index (χ4v) is 12.6. The van der Waals surface area contributed by atoms with Gasteiger partial charge in [-0.15, -0.1) is 0 Å². The third kappa shape index (κ3) is 6.12. The summed E-state index contributed by atoms with van der Waals surface area (Å²) in [4.78, 5) is 0. The summed E-state index contributed by atoms with van der Waals surface area (Å²) in [6, 6.07) is 83.6. The molecule has 0 fully saturated rings. The minimum Gasteiger partial charge on any atom is -0.458 e. The third-order valence-electron chi connectivity index (χ3n) is 16.0. The van der Waals surface area contributed by atoms with Gasteiger partial charge in [-0.2, -0.15) is 0 Å². The predicted molar refractivity (Wildman–Crippen MR) is 308 cm³/mol. The molecule has 0 radical (unpaired) electrons. The molecule has 0 bridgehead atoms. The molecular weight excluding hydrogens is 932 g/mol. The molecule has 6 heterocycles. The van der Waals surface area contributed by atoms with Gasteiger partial charge in [0.05, 0.1) is 11.2 Å². The number of benzene rings is 11. The normalized spacial score (nSPS) is 13.1. The van der Waals surface area contributed by atoms with E-state index in [1.54, 1.807) is 0 Å². The highest BCUT2D eigenvalue weighted by Gasteiger charge is 2.42. The van der Waals surface area contributed by atoms with Crippen LogP contribution in [0.15, 0.2) is 241 Å². The number of para-hydroxylation sites is 6. The lowest BCUT2D eigenvalue weighted by atomic mass is 9.34. The van der Waals surface area contributed by atoms with Crippen LogP contribution in [0.3, 0.4) is 0 Å². The topological polar surface area (TPSA) is 55.0 Å². The van der Waals surface area contributed by atoms with E-state index in [0.29, 0.717) is 0 Å². The highest BCUT2D eigenvalue weighted by Crippen LogP contribution is 2.44. The van der Waals surface area contributed by atoms with Crippen LogP contribution in [0.2, 0.25) is 0 Å². The Morgan fingerprint density at radius 2 is 0.842 bits per heavy atom. The van der Waals surface area contributed by atoms with Gasteiger partial charge in [-0.25, -0.2) is 0 Å². The van der Waals surface area contributed by atoms with Crippen molar-refractivity contribution in [1.29, 1.82) is 0 Å². The second-order valence-corrected chi connectivity index (χ2v) is 20.2. The van der Waals surface area contributed by atoms with E-state index in [0.717, 1.165) is 162 Å². The molecular formula is C68H39B2NO5. The Morgan fingerprint density at radius 3 is 1.54 bits per heavy atom. The molecule has 0 unspecified atom stereocenters. The van der Waals surface area contributed by atoms with Gasteiger partial charge >= 0.3 is 0 Å². The average molecular weight is 972 g/mol. The van der Waals surface area contributed by atoms with Crippen molar-refractivity contribution in [2.45, 2.75) is 0 Å². The first kappa shape index (κ1) is 41.6. The summed E-state index contributed by atoms with van der Waals surface area (Å²) in [5, 5.41) is 3.30. The molecule has 0 saturated carbocycles. The molecule has 11 aromatic carbocycles. The number of nitrogens with zero attached hydrogens (tertiary/aromatic N) is 1. The summed E-state index contributed by atoms with van der Waals surface area (Å²) in [6.45, 7) is -0.0778. The molecule has 8 heteroatoms. The number of hydrogen-bond acceptors (Lipinski definition) is 5. The van der Waals surface area contributed by atoms with Gasteiger partial charge in [0.15, 0.2) is 0 Å². The van der Waals surface area contributed by atoms with Crippen LogP contribution in [0.25, 0.3) is 83.2 Å². The van der Waals surface area contributed by atoms with Crippen molar-refractivity contribution >= 4 is 79.0 Å². The van der Waals surface area contributed by atoms with Crippen LogP contribution >= 0.6 is 0 Å². The van der Waals surface area contributed by atoms with Crippen molar-refractivity contribution in [3.63, 3.8) is 0 Å². The highest BCUT2D eigenvalue weighted by atomic mass is 16.5. The standard InChI is InChI=1S/C68H39B2NO5/c1-2-16-47(17-3-1)71-55-30-28-41(44-36-62-66-63(37-44)73-59-26-10-6-22-52(59)69(66)51-21-5-9-25-58(51)72-62)33-46(55)35-56(71)43-15-12-14-40(32-43)42-29-31-61-54(34-42)70-53-23-7-11-27-60(53)74-64-38-45(39-65(75-61)67(64)70)48-19-13-20-50-49-18-4-8-24-57(49)76-68(48)50/h1-39H. The average Bonchev–Trinajstić information content (AvgIpc) is 4.06. The lowest BCUT2D eigenvalue weighted by molar-refractivity contribution is 0.464. The number of furan rings is 1. The maximum atomic E-state index is 6.94. The van der Waals surface area contributed by atoms with Gasteiger partial charge in [0, 0.05) is 38.3 Å². The summed E-state index contributed by atoms with van der Waals surface area (Å²) >= 11 is 0. The molecule has 0 atom stereocenters. The summed E-state index contributed by atoms with van der Waals surface area (Å²) < 4.78 is 36.0. The Bertz CT molecular complexity index is 4540. The number of aromatic nitrogens is 1. The van der Waals surface area contributed by atoms with Crippen molar-refractivity contribution in [2.24, 2.45) is 0 Å². The zero-order chi connectivity index (χ0) is 49.6. The summed E-state index contributed by atoms with van der Waals surface area (Å²) in [6.07, 6.45) is 0. The molecule has 0 amide bonds. The van der Waals surface area contributed by atoms with E-state index >= 15 is 0 Å². The fraction of sp³-hybridized carbons (Fsp3) is 0. The quantitative estimate of drug-likeness (QED) is 0.161. The molecule has 0 spiro atoms. The number of ether oxygens (including phenoxy) is 4. The first-order valence-electron chi connectivity index (χ1n) is 25.8. The smallest absolute Gasteiger partial charge is 0.260 e. The minimum absolute atomic E-state index is 0.0260. The van der Waals surface area contributed by atoms with Crippen molar-refractivity contribution < 1.29 is 23.4 Å². The molecule has 2 aromatic heterocycles. The van der Waals surface area contributed by atoms with Crippen molar-refractivity contribution in [1.82, 2.24) is 4.57 Å². The van der Waals surface area contributed by atoms with Crippen LogP contribution in [0.4, 0.5) is 0 Å². The number of rotatable bonds is 5. The van der Waals surface area contributed by atoms with E-state index < -0.39 is 0 Å². The van der Waals surface area contributed by atoms with Crippen LogP contribution < -0.4 is 51.7 Å². The molecule has 0 aliphatic carbocycles. The van der Waals surface area contributed by atoms with Crippen molar-refractivity contribution in [3.05, 3.63) is 237 Å². The van der Waals surface area contributed by atoms with Gasteiger partial charge < -0.3 is 27.9 Å². The Morgan fingerprint density at radius 1 is 0.316 bits per heavy atom. The predicted octanol–water partition coefficient (Wildman–Crippen LogP) is 13.7. The van der Waals surface area contributed by atoms with Gasteiger partial charge in [0.2, 0.25) is 0 Å². The summed E-state index contributed by atoms with van der Waals surface area (Å²) in [5.41, 5.74) is 19.0. The van der Waals surface area contributed by atoms with E-state index in [9.17, 15) is 0 Å². The molecule has 352 valence electrons. The third-order valence-corrected chi connectivity index (χ3v) is 16.0. The van der Waals surface area contributed by atoms with Crippen LogP contribution in [0.5, 0.6) is 46.0 Å². The Balaban J connectivity index is 0.762. The second-order valence-electron chi connectivity index (χ2n) is 20.2. The number of fused-ring (bicyclic) bond motifs is 12. The molecule has 0 N–H and O–H groups in total. The Hall–Kier alpha value is -9.91. The lowest BCUT2D eigenvalue weighted by Crippen LogP contribution is -2.57. The van der Waals surface area contributed by atoms with Crippen LogP contribution in [0.1, 0.15) is 0 Å². The Labute approximate surface area is 437 Å². The van der Waals surface area contributed by atoms with Gasteiger partial charge in [-0.1, -0.05) is 146 Å². The fourth-order valence-electron chi connectivity index (χ4n) is 12.6. The zero-order valence-corrected chi connectivity index (χ0v) is 40.7. The van der Waals surface area contributed by atoms with Crippen molar-refractivity contribution in [3.8, 4) is 96.3 Å². The van der Waals surface area contributed by atoms with Crippen LogP contribution in [0, 0.1) is 0 Å². The maximum absolute atomic E-state index is 6.94. The lowest BCUT2D eigenvalue weighted by Gasteiger charge is -2.33. The van der Waals surface area contributed by atoms with Crippen molar-refractivity contribution in [2.75, 3.05) is 0 Å². The number of hydrogen-bond donors (Lipinski definition) is 0. The molecule has 13 aromatic rings. The van der Waals surface area contributed by atoms with E-state index in [4.69, 9.17) is 23.4 Å². The van der Waals surface area contributed by atoms with Gasteiger partial charge in [-0.3, -0.25) is 0 Å². The van der Waals surface area contributed by atoms with E-state index in [1.807, 2.05) is 30.3 Å². The van der Waals surface area contributed by atoms with Crippen LogP contribution in [-0.2, 0) is 0 Å². The van der Waals surface area contributed by atoms with Gasteiger partial charge in [-0.05, 0) is 146 Å². The Kier molecular flexibility index (Phi) is 8.64. The molecule has 76 heavy (non-hydrogen) atoms. The minimum atomic E-state index is -0.104. The monoisotopic (exact) mass is 971 g/mol. The highest BCUT2D eigenvalue weighted by molar-refractivity contribution is 6.99. The summed E-state index contributed by atoms with van der Waals surface area (Å²) in [7, 11) is 0. The zero-order valence-electron chi connectivity index (χ0n) is 40.7. The van der Waals surface area contributed by atoms with Gasteiger partial charge in [0.1, 0.15) is 57.2 Å². The first-order valence-corrected chi connectivity index (χ1v) is 25.8. The SMILES string of the molecule is c1ccc(-n2c(-c3cccc(-c4ccc5c(c4)B4c6ccccc6Oc6cc(-c7cccc8c7oc7ccccc78)cc(c64)O5)c3)cc3cc(-c4cc5c6c(c4)Oc4ccccc4B6c4ccccc4O5)ccc32)cc1. The second kappa shape index (κ2) is 15.8. The first-order chi connectivity index (χ1) is 37.6. The molecule has 4 aliphatic heterocycles. The summed E-state index contributed by atoms with van der Waals surface area (Å²) in [5.74, 6) is 6.65. The van der Waals surface area contributed by atoms with E-state index in [1.165, 1.54) is 0 Å². The molecule has 4 aliphatic rings. The maximum Gasteiger partial charge on any atom is 0.260 e. The van der Waals surface area contributed by atoms with E-state index in [2.05, 4.69) is 211 Å². The van der Waals surface area contributed by atoms with Crippen LogP contribution in [-0.4, -0.2) is 18.0 Å². The molecule has 17 rings (SSSR count). The largest absolute Gasteiger partial charge is 0.458 e. The van der Waals surface area contributed by atoms with E-state index in [-0.39, 0.29) is 13.4 Å².